The van der Waals surface area contributed by atoms with Crippen LogP contribution in [0.4, 0.5) is 4.79 Å². The zero-order chi connectivity index (χ0) is 12.3. The summed E-state index contributed by atoms with van der Waals surface area (Å²) < 4.78 is 4.98. The molecule has 1 saturated heterocycles. The summed E-state index contributed by atoms with van der Waals surface area (Å²) >= 11 is 0. The molecular weight excluding hydrogens is 208 g/mol. The highest BCUT2D eigenvalue weighted by Crippen LogP contribution is 2.22. The van der Waals surface area contributed by atoms with Crippen LogP contribution in [0.5, 0.6) is 0 Å². The van der Waals surface area contributed by atoms with Gasteiger partial charge in [0.25, 0.3) is 0 Å². The topological polar surface area (TPSA) is 67.4 Å². The molecule has 1 aliphatic rings. The Morgan fingerprint density at radius 2 is 2.25 bits per heavy atom. The Balaban J connectivity index is 2.79. The van der Waals surface area contributed by atoms with Gasteiger partial charge in [-0.05, 0) is 19.8 Å². The summed E-state index contributed by atoms with van der Waals surface area (Å²) in [4.78, 5) is 23.2. The number of carbonyl (C=O) groups is 2. The third-order valence-electron chi connectivity index (χ3n) is 2.86. The minimum Gasteiger partial charge on any atom is -0.464 e. The first kappa shape index (κ1) is 12.8. The van der Waals surface area contributed by atoms with E-state index in [1.165, 1.54) is 0 Å². The smallest absolute Gasteiger partial charge is 0.331 e. The Hall–Kier alpha value is -1.26. The highest BCUT2D eigenvalue weighted by Gasteiger charge is 2.43. The van der Waals surface area contributed by atoms with Crippen LogP contribution in [-0.2, 0) is 9.53 Å². The molecule has 5 heteroatoms. The fourth-order valence-electron chi connectivity index (χ4n) is 1.82. The average molecular weight is 228 g/mol. The van der Waals surface area contributed by atoms with Gasteiger partial charge in [-0.15, -0.1) is 0 Å². The highest BCUT2D eigenvalue weighted by molar-refractivity contribution is 5.88. The van der Waals surface area contributed by atoms with Gasteiger partial charge in [0.2, 0.25) is 0 Å². The summed E-state index contributed by atoms with van der Waals surface area (Å²) in [5.74, 6) is -0.0738. The molecule has 5 nitrogen and oxygen atoms in total. The van der Waals surface area contributed by atoms with Crippen LogP contribution in [0.2, 0.25) is 0 Å². The molecule has 1 fully saturated rings. The Kier molecular flexibility index (Phi) is 3.78. The zero-order valence-electron chi connectivity index (χ0n) is 10.3. The molecule has 1 rings (SSSR count). The van der Waals surface area contributed by atoms with Gasteiger partial charge in [0.15, 0.2) is 0 Å². The lowest BCUT2D eigenvalue weighted by Crippen LogP contribution is -2.65. The van der Waals surface area contributed by atoms with Crippen molar-refractivity contribution in [3.05, 3.63) is 0 Å². The third kappa shape index (κ3) is 2.65. The Morgan fingerprint density at radius 3 is 2.75 bits per heavy atom. The molecule has 2 atom stereocenters. The van der Waals surface area contributed by atoms with Gasteiger partial charge in [0.05, 0.1) is 6.61 Å². The summed E-state index contributed by atoms with van der Waals surface area (Å²) in [7, 11) is 0. The van der Waals surface area contributed by atoms with E-state index in [-0.39, 0.29) is 18.0 Å². The number of rotatable bonds is 3. The van der Waals surface area contributed by atoms with Gasteiger partial charge in [0, 0.05) is 12.5 Å². The van der Waals surface area contributed by atoms with Crippen LogP contribution in [0.25, 0.3) is 0 Å². The summed E-state index contributed by atoms with van der Waals surface area (Å²) in [6.07, 6.45) is 0.551. The van der Waals surface area contributed by atoms with E-state index in [1.807, 2.05) is 13.8 Å². The third-order valence-corrected chi connectivity index (χ3v) is 2.86. The maximum Gasteiger partial charge on any atom is 0.331 e. The molecule has 0 spiro atoms. The molecule has 0 bridgehead atoms. The van der Waals surface area contributed by atoms with Gasteiger partial charge in [0.1, 0.15) is 5.54 Å². The van der Waals surface area contributed by atoms with Crippen molar-refractivity contribution in [3.63, 3.8) is 0 Å². The van der Waals surface area contributed by atoms with Gasteiger partial charge in [-0.3, -0.25) is 0 Å². The van der Waals surface area contributed by atoms with E-state index in [2.05, 4.69) is 10.6 Å². The van der Waals surface area contributed by atoms with E-state index in [0.717, 1.165) is 0 Å². The van der Waals surface area contributed by atoms with Crippen molar-refractivity contribution >= 4 is 12.0 Å². The SMILES string of the molecule is CCOC(=O)C1(C)CC(C(C)C)NC(=O)N1. The molecule has 0 aliphatic carbocycles. The van der Waals surface area contributed by atoms with Crippen molar-refractivity contribution in [2.45, 2.75) is 45.7 Å². The number of ether oxygens (including phenoxy) is 1. The fraction of sp³-hybridized carbons (Fsp3) is 0.818. The second kappa shape index (κ2) is 4.72. The van der Waals surface area contributed by atoms with Gasteiger partial charge in [-0.25, -0.2) is 9.59 Å². The van der Waals surface area contributed by atoms with Crippen LogP contribution in [-0.4, -0.2) is 30.2 Å². The summed E-state index contributed by atoms with van der Waals surface area (Å²) in [5.41, 5.74) is -0.909. The number of nitrogens with one attached hydrogen (secondary N) is 2. The van der Waals surface area contributed by atoms with E-state index in [4.69, 9.17) is 4.74 Å². The Labute approximate surface area is 95.9 Å². The number of carbonyl (C=O) groups excluding carboxylic acids is 2. The van der Waals surface area contributed by atoms with Crippen molar-refractivity contribution in [1.82, 2.24) is 10.6 Å². The molecule has 2 N–H and O–H groups in total. The molecule has 1 heterocycles. The number of hydrogen-bond donors (Lipinski definition) is 2. The minimum atomic E-state index is -0.909. The van der Waals surface area contributed by atoms with Crippen LogP contribution < -0.4 is 10.6 Å². The van der Waals surface area contributed by atoms with E-state index in [1.54, 1.807) is 13.8 Å². The zero-order valence-corrected chi connectivity index (χ0v) is 10.3. The maximum atomic E-state index is 11.8. The molecule has 1 aliphatic heterocycles. The van der Waals surface area contributed by atoms with Crippen molar-refractivity contribution < 1.29 is 14.3 Å². The average Bonchev–Trinajstić information content (AvgIpc) is 2.16. The van der Waals surface area contributed by atoms with Crippen LogP contribution >= 0.6 is 0 Å². The highest BCUT2D eigenvalue weighted by atomic mass is 16.5. The fourth-order valence-corrected chi connectivity index (χ4v) is 1.82. The largest absolute Gasteiger partial charge is 0.464 e. The molecule has 0 radical (unpaired) electrons. The first-order valence-corrected chi connectivity index (χ1v) is 5.65. The van der Waals surface area contributed by atoms with Crippen LogP contribution in [0.3, 0.4) is 0 Å². The van der Waals surface area contributed by atoms with E-state index < -0.39 is 5.54 Å². The van der Waals surface area contributed by atoms with Gasteiger partial charge >= 0.3 is 12.0 Å². The van der Waals surface area contributed by atoms with Crippen LogP contribution in [0.1, 0.15) is 34.1 Å². The minimum absolute atomic E-state index is 0.00292. The van der Waals surface area contributed by atoms with Gasteiger partial charge in [-0.2, -0.15) is 0 Å². The monoisotopic (exact) mass is 228 g/mol. The summed E-state index contributed by atoms with van der Waals surface area (Å²) in [5, 5.41) is 5.45. The van der Waals surface area contributed by atoms with Gasteiger partial charge < -0.3 is 15.4 Å². The molecular formula is C11H20N2O3. The summed E-state index contributed by atoms with van der Waals surface area (Å²) in [6, 6.07) is -0.302. The molecule has 2 amide bonds. The van der Waals surface area contributed by atoms with Crippen molar-refractivity contribution in [1.29, 1.82) is 0 Å². The number of amides is 2. The second-order valence-electron chi connectivity index (χ2n) is 4.71. The maximum absolute atomic E-state index is 11.8. The van der Waals surface area contributed by atoms with Crippen LogP contribution in [0.15, 0.2) is 0 Å². The van der Waals surface area contributed by atoms with E-state index in [9.17, 15) is 9.59 Å². The normalized spacial score (nSPS) is 29.6. The standard InChI is InChI=1S/C11H20N2O3/c1-5-16-9(14)11(4)6-8(7(2)3)12-10(15)13-11/h7-8H,5-6H2,1-4H3,(H2,12,13,15). The number of hydrogen-bond acceptors (Lipinski definition) is 3. The molecule has 0 saturated carbocycles. The molecule has 0 aromatic rings. The molecule has 92 valence electrons. The van der Waals surface area contributed by atoms with Gasteiger partial charge in [-0.1, -0.05) is 13.8 Å². The number of urea groups is 1. The predicted octanol–water partition coefficient (Wildman–Crippen LogP) is 1.04. The van der Waals surface area contributed by atoms with E-state index in [0.29, 0.717) is 18.9 Å². The lowest BCUT2D eigenvalue weighted by Gasteiger charge is -2.39. The molecule has 16 heavy (non-hydrogen) atoms. The second-order valence-corrected chi connectivity index (χ2v) is 4.71. The number of esters is 1. The van der Waals surface area contributed by atoms with Crippen molar-refractivity contribution in [2.24, 2.45) is 5.92 Å². The first-order valence-electron chi connectivity index (χ1n) is 5.65. The Morgan fingerprint density at radius 1 is 1.62 bits per heavy atom. The Bertz CT molecular complexity index is 291. The summed E-state index contributed by atoms with van der Waals surface area (Å²) in [6.45, 7) is 7.82. The lowest BCUT2D eigenvalue weighted by molar-refractivity contribution is -0.151. The van der Waals surface area contributed by atoms with Crippen molar-refractivity contribution in [3.8, 4) is 0 Å². The lowest BCUT2D eigenvalue weighted by atomic mass is 9.86. The van der Waals surface area contributed by atoms with Crippen molar-refractivity contribution in [2.75, 3.05) is 6.61 Å². The van der Waals surface area contributed by atoms with E-state index >= 15 is 0 Å². The van der Waals surface area contributed by atoms with Crippen LogP contribution in [0, 0.1) is 5.92 Å². The first-order chi connectivity index (χ1) is 7.39. The molecule has 2 unspecified atom stereocenters. The molecule has 0 aromatic carbocycles. The predicted molar refractivity (Wildman–Crippen MR) is 59.9 cm³/mol. The molecule has 0 aromatic heterocycles. The quantitative estimate of drug-likeness (QED) is 0.709.